The molecule has 0 aliphatic rings. The maximum absolute atomic E-state index is 11.6. The summed E-state index contributed by atoms with van der Waals surface area (Å²) in [5.41, 5.74) is 2.14. The smallest absolute Gasteiger partial charge is 0.234 e. The van der Waals surface area contributed by atoms with E-state index in [1.807, 2.05) is 36.4 Å². The minimum Gasteiger partial charge on any atom is -0.349 e. The van der Waals surface area contributed by atoms with Crippen molar-refractivity contribution in [2.75, 3.05) is 13.1 Å². The van der Waals surface area contributed by atoms with Crippen molar-refractivity contribution in [1.29, 1.82) is 0 Å². The first-order valence-electron chi connectivity index (χ1n) is 6.76. The molecule has 104 valence electrons. The summed E-state index contributed by atoms with van der Waals surface area (Å²) in [6.07, 6.45) is 2.65. The van der Waals surface area contributed by atoms with E-state index in [1.54, 1.807) is 6.20 Å². The number of hydrogen-bond acceptors (Lipinski definition) is 3. The molecule has 4 nitrogen and oxygen atoms in total. The van der Waals surface area contributed by atoms with Crippen LogP contribution < -0.4 is 10.6 Å². The highest BCUT2D eigenvalue weighted by atomic mass is 16.1. The molecule has 0 aliphatic carbocycles. The van der Waals surface area contributed by atoms with Gasteiger partial charge in [0.05, 0.1) is 18.8 Å². The van der Waals surface area contributed by atoms with Gasteiger partial charge in [-0.15, -0.1) is 0 Å². The lowest BCUT2D eigenvalue weighted by Crippen LogP contribution is -2.34. The largest absolute Gasteiger partial charge is 0.349 e. The van der Waals surface area contributed by atoms with Crippen molar-refractivity contribution in [3.8, 4) is 0 Å². The van der Waals surface area contributed by atoms with Gasteiger partial charge in [-0.3, -0.25) is 9.78 Å². The average Bonchev–Trinajstić information content (AvgIpc) is 2.52. The standard InChI is InChI=1S/C16H19N3O/c20-16(19-12-15-8-4-5-10-18-15)13-17-11-9-14-6-2-1-3-7-14/h1-8,10,17H,9,11-13H2,(H,19,20). The van der Waals surface area contributed by atoms with E-state index in [2.05, 4.69) is 27.8 Å². The number of amides is 1. The Kier molecular flexibility index (Phi) is 5.73. The fourth-order valence-electron chi connectivity index (χ4n) is 1.83. The second-order valence-corrected chi connectivity index (χ2v) is 4.51. The quantitative estimate of drug-likeness (QED) is 0.750. The molecule has 2 rings (SSSR count). The Morgan fingerprint density at radius 2 is 1.85 bits per heavy atom. The van der Waals surface area contributed by atoms with Crippen LogP contribution in [-0.4, -0.2) is 24.0 Å². The van der Waals surface area contributed by atoms with Gasteiger partial charge in [-0.1, -0.05) is 36.4 Å². The van der Waals surface area contributed by atoms with Gasteiger partial charge in [0.2, 0.25) is 5.91 Å². The summed E-state index contributed by atoms with van der Waals surface area (Å²) in [4.78, 5) is 15.8. The SMILES string of the molecule is O=C(CNCCc1ccccc1)NCc1ccccn1. The van der Waals surface area contributed by atoms with Gasteiger partial charge in [0.15, 0.2) is 0 Å². The second kappa shape index (κ2) is 8.07. The third-order valence-corrected chi connectivity index (χ3v) is 2.91. The summed E-state index contributed by atoms with van der Waals surface area (Å²) in [5, 5.41) is 5.97. The lowest BCUT2D eigenvalue weighted by atomic mass is 10.1. The van der Waals surface area contributed by atoms with Crippen LogP contribution in [0.2, 0.25) is 0 Å². The van der Waals surface area contributed by atoms with Gasteiger partial charge in [-0.2, -0.15) is 0 Å². The fraction of sp³-hybridized carbons (Fsp3) is 0.250. The molecule has 1 aromatic carbocycles. The summed E-state index contributed by atoms with van der Waals surface area (Å²) in [6, 6.07) is 15.9. The molecule has 0 saturated carbocycles. The predicted octanol–water partition coefficient (Wildman–Crippen LogP) is 1.53. The van der Waals surface area contributed by atoms with Crippen LogP contribution in [0.5, 0.6) is 0 Å². The number of nitrogens with one attached hydrogen (secondary N) is 2. The molecule has 0 unspecified atom stereocenters. The van der Waals surface area contributed by atoms with Crippen LogP contribution in [0.25, 0.3) is 0 Å². The van der Waals surface area contributed by atoms with Crippen LogP contribution in [0.3, 0.4) is 0 Å². The van der Waals surface area contributed by atoms with Gasteiger partial charge < -0.3 is 10.6 Å². The molecule has 2 N–H and O–H groups in total. The topological polar surface area (TPSA) is 54.0 Å². The average molecular weight is 269 g/mol. The van der Waals surface area contributed by atoms with Crippen LogP contribution in [0.1, 0.15) is 11.3 Å². The number of hydrogen-bond donors (Lipinski definition) is 2. The third kappa shape index (κ3) is 5.20. The van der Waals surface area contributed by atoms with Crippen molar-refractivity contribution in [2.45, 2.75) is 13.0 Å². The van der Waals surface area contributed by atoms with Crippen molar-refractivity contribution >= 4 is 5.91 Å². The van der Waals surface area contributed by atoms with E-state index in [-0.39, 0.29) is 5.91 Å². The van der Waals surface area contributed by atoms with E-state index in [1.165, 1.54) is 5.56 Å². The minimum absolute atomic E-state index is 0.0104. The van der Waals surface area contributed by atoms with E-state index in [4.69, 9.17) is 0 Å². The van der Waals surface area contributed by atoms with Crippen molar-refractivity contribution in [3.05, 3.63) is 66.0 Å². The molecule has 0 bridgehead atoms. The number of pyridine rings is 1. The summed E-state index contributed by atoms with van der Waals surface area (Å²) in [7, 11) is 0. The van der Waals surface area contributed by atoms with Crippen molar-refractivity contribution in [1.82, 2.24) is 15.6 Å². The highest BCUT2D eigenvalue weighted by molar-refractivity contribution is 5.77. The molecule has 1 amide bonds. The van der Waals surface area contributed by atoms with Gasteiger partial charge in [0.1, 0.15) is 0 Å². The Bertz CT molecular complexity index is 514. The maximum Gasteiger partial charge on any atom is 0.234 e. The first kappa shape index (κ1) is 14.2. The fourth-order valence-corrected chi connectivity index (χ4v) is 1.83. The zero-order valence-corrected chi connectivity index (χ0v) is 11.4. The molecule has 0 saturated heterocycles. The molecule has 0 atom stereocenters. The van der Waals surface area contributed by atoms with Gasteiger partial charge in [-0.25, -0.2) is 0 Å². The highest BCUT2D eigenvalue weighted by Gasteiger charge is 2.01. The molecule has 0 spiro atoms. The molecule has 20 heavy (non-hydrogen) atoms. The van der Waals surface area contributed by atoms with Crippen LogP contribution in [0.4, 0.5) is 0 Å². The molecule has 0 fully saturated rings. The zero-order chi connectivity index (χ0) is 14.0. The Labute approximate surface area is 119 Å². The number of rotatable bonds is 7. The Morgan fingerprint density at radius 1 is 1.05 bits per heavy atom. The number of carbonyl (C=O) groups is 1. The molecule has 1 heterocycles. The molecule has 1 aromatic heterocycles. The van der Waals surface area contributed by atoms with Crippen LogP contribution in [-0.2, 0) is 17.8 Å². The van der Waals surface area contributed by atoms with Crippen molar-refractivity contribution in [2.24, 2.45) is 0 Å². The maximum atomic E-state index is 11.6. The Morgan fingerprint density at radius 3 is 2.60 bits per heavy atom. The van der Waals surface area contributed by atoms with Gasteiger partial charge in [-0.05, 0) is 30.7 Å². The number of carbonyl (C=O) groups excluding carboxylic acids is 1. The molecule has 0 radical (unpaired) electrons. The van der Waals surface area contributed by atoms with Crippen LogP contribution >= 0.6 is 0 Å². The second-order valence-electron chi connectivity index (χ2n) is 4.51. The monoisotopic (exact) mass is 269 g/mol. The predicted molar refractivity (Wildman–Crippen MR) is 79.1 cm³/mol. The number of nitrogens with zero attached hydrogens (tertiary/aromatic N) is 1. The molecule has 0 aliphatic heterocycles. The highest BCUT2D eigenvalue weighted by Crippen LogP contribution is 1.97. The molecular weight excluding hydrogens is 250 g/mol. The van der Waals surface area contributed by atoms with Gasteiger partial charge >= 0.3 is 0 Å². The van der Waals surface area contributed by atoms with E-state index in [0.717, 1.165) is 18.7 Å². The molecule has 2 aromatic rings. The number of benzene rings is 1. The lowest BCUT2D eigenvalue weighted by Gasteiger charge is -2.06. The minimum atomic E-state index is -0.0104. The third-order valence-electron chi connectivity index (χ3n) is 2.91. The van der Waals surface area contributed by atoms with E-state index < -0.39 is 0 Å². The van der Waals surface area contributed by atoms with Crippen molar-refractivity contribution < 1.29 is 4.79 Å². The lowest BCUT2D eigenvalue weighted by molar-refractivity contribution is -0.120. The summed E-state index contributed by atoms with van der Waals surface area (Å²) < 4.78 is 0. The normalized spacial score (nSPS) is 10.2. The summed E-state index contributed by atoms with van der Waals surface area (Å²) in [6.45, 7) is 1.60. The number of aromatic nitrogens is 1. The van der Waals surface area contributed by atoms with Gasteiger partial charge in [0, 0.05) is 6.20 Å². The Balaban J connectivity index is 1.59. The van der Waals surface area contributed by atoms with E-state index >= 15 is 0 Å². The zero-order valence-electron chi connectivity index (χ0n) is 11.4. The summed E-state index contributed by atoms with van der Waals surface area (Å²) >= 11 is 0. The van der Waals surface area contributed by atoms with Crippen molar-refractivity contribution in [3.63, 3.8) is 0 Å². The van der Waals surface area contributed by atoms with Crippen LogP contribution in [0, 0.1) is 0 Å². The Hall–Kier alpha value is -2.20. The first-order valence-corrected chi connectivity index (χ1v) is 6.76. The van der Waals surface area contributed by atoms with E-state index in [9.17, 15) is 4.79 Å². The summed E-state index contributed by atoms with van der Waals surface area (Å²) in [5.74, 6) is -0.0104. The van der Waals surface area contributed by atoms with Crippen LogP contribution in [0.15, 0.2) is 54.7 Å². The molecular formula is C16H19N3O. The van der Waals surface area contributed by atoms with Gasteiger partial charge in [0.25, 0.3) is 0 Å². The van der Waals surface area contributed by atoms with E-state index in [0.29, 0.717) is 13.1 Å². The molecule has 4 heteroatoms. The first-order chi connectivity index (χ1) is 9.84.